The van der Waals surface area contributed by atoms with Gasteiger partial charge in [0.25, 0.3) is 0 Å². The maximum Gasteiger partial charge on any atom is 0.196 e. The summed E-state index contributed by atoms with van der Waals surface area (Å²) in [6, 6.07) is 8.91. The highest BCUT2D eigenvalue weighted by Crippen LogP contribution is 2.37. The number of aliphatic imine (C=N–C) groups is 1. The Hall–Kier alpha value is -1.07. The molecule has 2 heterocycles. The summed E-state index contributed by atoms with van der Waals surface area (Å²) >= 11 is 3.48. The van der Waals surface area contributed by atoms with E-state index in [1.807, 2.05) is 0 Å². The van der Waals surface area contributed by atoms with Gasteiger partial charge in [-0.15, -0.1) is 0 Å². The summed E-state index contributed by atoms with van der Waals surface area (Å²) in [7, 11) is 0. The predicted octanol–water partition coefficient (Wildman–Crippen LogP) is 2.44. The Morgan fingerprint density at radius 1 is 1.30 bits per heavy atom. The first kappa shape index (κ1) is 13.9. The number of benzene rings is 1. The van der Waals surface area contributed by atoms with Crippen LogP contribution in [0.1, 0.15) is 20.3 Å². The van der Waals surface area contributed by atoms with E-state index in [1.54, 1.807) is 0 Å². The first-order valence-electron chi connectivity index (χ1n) is 7.12. The molecule has 3 rings (SSSR count). The average molecular weight is 337 g/mol. The first-order chi connectivity index (χ1) is 9.52. The molecule has 2 N–H and O–H groups in total. The number of likely N-dealkylation sites (tertiary alicyclic amines) is 1. The molecule has 0 bridgehead atoms. The largest absolute Gasteiger partial charge is 0.369 e. The molecule has 20 heavy (non-hydrogen) atoms. The molecular formula is C15H21BrN4. The van der Waals surface area contributed by atoms with Crippen LogP contribution in [0, 0.1) is 0 Å². The van der Waals surface area contributed by atoms with E-state index in [1.165, 1.54) is 0 Å². The summed E-state index contributed by atoms with van der Waals surface area (Å²) < 4.78 is 1.08. The minimum Gasteiger partial charge on any atom is -0.369 e. The van der Waals surface area contributed by atoms with E-state index in [2.05, 4.69) is 68.8 Å². The zero-order valence-electron chi connectivity index (χ0n) is 12.0. The lowest BCUT2D eigenvalue weighted by molar-refractivity contribution is 0.260. The van der Waals surface area contributed by atoms with Crippen LogP contribution < -0.4 is 10.6 Å². The van der Waals surface area contributed by atoms with Crippen molar-refractivity contribution in [2.75, 3.05) is 24.5 Å². The van der Waals surface area contributed by atoms with Crippen molar-refractivity contribution < 1.29 is 0 Å². The van der Waals surface area contributed by atoms with Gasteiger partial charge in [0.1, 0.15) is 0 Å². The Kier molecular flexibility index (Phi) is 3.50. The van der Waals surface area contributed by atoms with E-state index in [0.717, 1.165) is 36.2 Å². The van der Waals surface area contributed by atoms with Crippen LogP contribution in [0.3, 0.4) is 0 Å². The zero-order chi connectivity index (χ0) is 14.3. The summed E-state index contributed by atoms with van der Waals surface area (Å²) in [5.41, 5.74) is 7.35. The fourth-order valence-corrected chi connectivity index (χ4v) is 3.51. The van der Waals surface area contributed by atoms with Crippen molar-refractivity contribution in [2.45, 2.75) is 31.8 Å². The smallest absolute Gasteiger partial charge is 0.196 e. The molecule has 1 atom stereocenters. The second kappa shape index (κ2) is 5.04. The van der Waals surface area contributed by atoms with Gasteiger partial charge in [0.2, 0.25) is 0 Å². The average Bonchev–Trinajstić information content (AvgIpc) is 2.97. The molecule has 0 radical (unpaired) electrons. The topological polar surface area (TPSA) is 44.9 Å². The van der Waals surface area contributed by atoms with E-state index in [-0.39, 0.29) is 5.54 Å². The molecular weight excluding hydrogens is 316 g/mol. The van der Waals surface area contributed by atoms with Gasteiger partial charge in [-0.05, 0) is 44.5 Å². The van der Waals surface area contributed by atoms with Gasteiger partial charge in [0.05, 0.1) is 12.1 Å². The maximum absolute atomic E-state index is 6.17. The highest BCUT2D eigenvalue weighted by molar-refractivity contribution is 9.10. The fraction of sp³-hybridized carbons (Fsp3) is 0.533. The number of hydrogen-bond acceptors (Lipinski definition) is 4. The molecule has 1 unspecified atom stereocenters. The fourth-order valence-electron chi connectivity index (χ4n) is 3.25. The van der Waals surface area contributed by atoms with Crippen LogP contribution in [0.5, 0.6) is 0 Å². The molecule has 0 aromatic heterocycles. The third kappa shape index (κ3) is 2.23. The zero-order valence-corrected chi connectivity index (χ0v) is 13.6. The van der Waals surface area contributed by atoms with Crippen molar-refractivity contribution in [1.82, 2.24) is 4.90 Å². The van der Waals surface area contributed by atoms with Crippen molar-refractivity contribution in [2.24, 2.45) is 10.7 Å². The highest BCUT2D eigenvalue weighted by atomic mass is 79.9. The van der Waals surface area contributed by atoms with Gasteiger partial charge < -0.3 is 10.6 Å². The molecule has 1 saturated heterocycles. The van der Waals surface area contributed by atoms with Gasteiger partial charge in [-0.2, -0.15) is 0 Å². The highest BCUT2D eigenvalue weighted by Gasteiger charge is 2.48. The second-order valence-corrected chi connectivity index (χ2v) is 6.94. The van der Waals surface area contributed by atoms with Crippen molar-refractivity contribution >= 4 is 27.6 Å². The molecule has 0 amide bonds. The normalized spacial score (nSPS) is 26.8. The molecule has 1 fully saturated rings. The summed E-state index contributed by atoms with van der Waals surface area (Å²) in [6.07, 6.45) is 1.12. The lowest BCUT2D eigenvalue weighted by Gasteiger charge is -2.36. The summed E-state index contributed by atoms with van der Waals surface area (Å²) in [5.74, 6) is 0.651. The monoisotopic (exact) mass is 336 g/mol. The van der Waals surface area contributed by atoms with E-state index >= 15 is 0 Å². The minimum atomic E-state index is 0.0438. The molecule has 1 aromatic rings. The summed E-state index contributed by atoms with van der Waals surface area (Å²) in [6.45, 7) is 7.46. The van der Waals surface area contributed by atoms with Crippen LogP contribution in [0.15, 0.2) is 33.7 Å². The predicted molar refractivity (Wildman–Crippen MR) is 87.2 cm³/mol. The van der Waals surface area contributed by atoms with Crippen molar-refractivity contribution in [3.8, 4) is 0 Å². The second-order valence-electron chi connectivity index (χ2n) is 6.02. The quantitative estimate of drug-likeness (QED) is 0.902. The van der Waals surface area contributed by atoms with Crippen molar-refractivity contribution in [1.29, 1.82) is 0 Å². The van der Waals surface area contributed by atoms with Gasteiger partial charge in [-0.25, -0.2) is 0 Å². The van der Waals surface area contributed by atoms with Crippen molar-refractivity contribution in [3.05, 3.63) is 28.7 Å². The molecule has 1 spiro atoms. The molecule has 5 heteroatoms. The van der Waals surface area contributed by atoms with Crippen LogP contribution >= 0.6 is 15.9 Å². The van der Waals surface area contributed by atoms with E-state index in [4.69, 9.17) is 5.73 Å². The van der Waals surface area contributed by atoms with E-state index in [9.17, 15) is 0 Å². The lowest BCUT2D eigenvalue weighted by Crippen LogP contribution is -2.54. The van der Waals surface area contributed by atoms with Gasteiger partial charge in [0.15, 0.2) is 5.96 Å². The van der Waals surface area contributed by atoms with Gasteiger partial charge >= 0.3 is 0 Å². The molecule has 1 aromatic carbocycles. The van der Waals surface area contributed by atoms with E-state index < -0.39 is 0 Å². The van der Waals surface area contributed by atoms with Crippen LogP contribution in [0.2, 0.25) is 0 Å². The number of halogens is 1. The number of nitrogens with two attached hydrogens (primary N) is 1. The van der Waals surface area contributed by atoms with Gasteiger partial charge in [-0.1, -0.05) is 15.9 Å². The Bertz CT molecular complexity index is 525. The molecule has 0 saturated carbocycles. The first-order valence-corrected chi connectivity index (χ1v) is 7.91. The molecule has 108 valence electrons. The molecule has 2 aliphatic heterocycles. The number of nitrogens with zero attached hydrogens (tertiary/aromatic N) is 3. The van der Waals surface area contributed by atoms with Crippen LogP contribution in [0.4, 0.5) is 5.69 Å². The minimum absolute atomic E-state index is 0.0438. The van der Waals surface area contributed by atoms with Crippen LogP contribution in [-0.4, -0.2) is 42.1 Å². The Balaban J connectivity index is 1.91. The Morgan fingerprint density at radius 2 is 2.00 bits per heavy atom. The van der Waals surface area contributed by atoms with Crippen LogP contribution in [-0.2, 0) is 0 Å². The third-order valence-electron chi connectivity index (χ3n) is 4.42. The Morgan fingerprint density at radius 3 is 2.60 bits per heavy atom. The SMILES string of the molecule is CC(C)N1CCC2(CN=C(N)N2c2ccc(Br)cc2)C1. The number of hydrogen-bond donors (Lipinski definition) is 1. The number of rotatable bonds is 2. The van der Waals surface area contributed by atoms with Crippen molar-refractivity contribution in [3.63, 3.8) is 0 Å². The molecule has 4 nitrogen and oxygen atoms in total. The van der Waals surface area contributed by atoms with E-state index in [0.29, 0.717) is 12.0 Å². The van der Waals surface area contributed by atoms with Crippen LogP contribution in [0.25, 0.3) is 0 Å². The third-order valence-corrected chi connectivity index (χ3v) is 4.94. The maximum atomic E-state index is 6.17. The molecule has 2 aliphatic rings. The van der Waals surface area contributed by atoms with Gasteiger partial charge in [-0.3, -0.25) is 9.89 Å². The van der Waals surface area contributed by atoms with Gasteiger partial charge in [0, 0.05) is 29.3 Å². The summed E-state index contributed by atoms with van der Waals surface area (Å²) in [5, 5.41) is 0. The standard InChI is InChI=1S/C15H21BrN4/c1-11(2)19-8-7-15(10-19)9-18-14(17)20(15)13-5-3-12(16)4-6-13/h3-6,11H,7-10H2,1-2H3,(H2,17,18). The summed E-state index contributed by atoms with van der Waals surface area (Å²) in [4.78, 5) is 9.28. The number of anilines is 1. The number of guanidine groups is 1. The lowest BCUT2D eigenvalue weighted by atomic mass is 9.97. The molecule has 0 aliphatic carbocycles. The Labute approximate surface area is 128 Å².